The lowest BCUT2D eigenvalue weighted by atomic mass is 9.82. The summed E-state index contributed by atoms with van der Waals surface area (Å²) in [6.45, 7) is 2.39. The lowest BCUT2D eigenvalue weighted by molar-refractivity contribution is 0.325. The van der Waals surface area contributed by atoms with Crippen molar-refractivity contribution in [2.45, 2.75) is 39.0 Å². The Balaban J connectivity index is 1.81. The van der Waals surface area contributed by atoms with Gasteiger partial charge in [0.05, 0.1) is 0 Å². The van der Waals surface area contributed by atoms with Crippen LogP contribution in [0.4, 0.5) is 0 Å². The van der Waals surface area contributed by atoms with Crippen molar-refractivity contribution >= 4 is 0 Å². The molecular weight excluding hydrogens is 192 g/mol. The van der Waals surface area contributed by atoms with Gasteiger partial charge in [-0.3, -0.25) is 0 Å². The van der Waals surface area contributed by atoms with Crippen LogP contribution in [0.1, 0.15) is 38.2 Å². The Labute approximate surface area is 99.4 Å². The molecule has 16 heavy (non-hydrogen) atoms. The molecule has 0 heteroatoms. The zero-order valence-electron chi connectivity index (χ0n) is 10.2. The Morgan fingerprint density at radius 3 is 2.75 bits per heavy atom. The number of hydrogen-bond acceptors (Lipinski definition) is 0. The predicted molar refractivity (Wildman–Crippen MR) is 70.4 cm³/mol. The van der Waals surface area contributed by atoms with Gasteiger partial charge in [-0.25, -0.2) is 0 Å². The number of rotatable bonds is 3. The summed E-state index contributed by atoms with van der Waals surface area (Å²) in [4.78, 5) is 0. The van der Waals surface area contributed by atoms with E-state index in [2.05, 4.69) is 49.4 Å². The van der Waals surface area contributed by atoms with Gasteiger partial charge >= 0.3 is 0 Å². The summed E-state index contributed by atoms with van der Waals surface area (Å²) < 4.78 is 0. The van der Waals surface area contributed by atoms with E-state index >= 15 is 0 Å². The van der Waals surface area contributed by atoms with Crippen LogP contribution in [0.25, 0.3) is 0 Å². The van der Waals surface area contributed by atoms with Crippen LogP contribution < -0.4 is 0 Å². The van der Waals surface area contributed by atoms with Crippen LogP contribution in [0.3, 0.4) is 0 Å². The third kappa shape index (κ3) is 3.52. The van der Waals surface area contributed by atoms with Gasteiger partial charge in [-0.15, -0.1) is 0 Å². The van der Waals surface area contributed by atoms with E-state index < -0.39 is 0 Å². The monoisotopic (exact) mass is 214 g/mol. The predicted octanol–water partition coefficient (Wildman–Crippen LogP) is 4.61. The molecule has 0 heterocycles. The lowest BCUT2D eigenvalue weighted by Gasteiger charge is -2.24. The molecule has 2 atom stereocenters. The molecule has 1 aliphatic carbocycles. The molecule has 0 spiro atoms. The molecule has 2 unspecified atom stereocenters. The van der Waals surface area contributed by atoms with Crippen LogP contribution in [0.15, 0.2) is 42.5 Å². The van der Waals surface area contributed by atoms with E-state index in [-0.39, 0.29) is 0 Å². The highest BCUT2D eigenvalue weighted by Gasteiger charge is 2.15. The van der Waals surface area contributed by atoms with Crippen molar-refractivity contribution in [3.05, 3.63) is 48.0 Å². The van der Waals surface area contributed by atoms with Crippen molar-refractivity contribution in [1.82, 2.24) is 0 Å². The van der Waals surface area contributed by atoms with E-state index in [4.69, 9.17) is 0 Å². The largest absolute Gasteiger partial charge is 0.0851 e. The molecule has 2 rings (SSSR count). The molecule has 0 bridgehead atoms. The first-order valence-corrected chi connectivity index (χ1v) is 6.55. The summed E-state index contributed by atoms with van der Waals surface area (Å²) in [6.07, 6.45) is 11.5. The number of allylic oxidation sites excluding steroid dienone is 2. The highest BCUT2D eigenvalue weighted by Crippen LogP contribution is 2.29. The highest BCUT2D eigenvalue weighted by molar-refractivity contribution is 5.17. The second kappa shape index (κ2) is 5.89. The molecule has 0 aromatic heterocycles. The van der Waals surface area contributed by atoms with Crippen molar-refractivity contribution in [3.8, 4) is 0 Å². The molecule has 1 fully saturated rings. The maximum absolute atomic E-state index is 2.45. The Morgan fingerprint density at radius 2 is 2.00 bits per heavy atom. The van der Waals surface area contributed by atoms with Crippen LogP contribution in [0.5, 0.6) is 0 Å². The molecule has 1 saturated carbocycles. The first kappa shape index (κ1) is 11.4. The molecule has 0 nitrogen and oxygen atoms in total. The van der Waals surface area contributed by atoms with Gasteiger partial charge in [0.2, 0.25) is 0 Å². The molecule has 1 aliphatic rings. The number of hydrogen-bond donors (Lipinski definition) is 0. The molecule has 1 aromatic rings. The third-order valence-electron chi connectivity index (χ3n) is 3.58. The van der Waals surface area contributed by atoms with Crippen LogP contribution in [-0.4, -0.2) is 0 Å². The van der Waals surface area contributed by atoms with Crippen LogP contribution in [-0.2, 0) is 6.42 Å². The fourth-order valence-electron chi connectivity index (χ4n) is 2.67. The van der Waals surface area contributed by atoms with E-state index in [1.165, 1.54) is 31.2 Å². The standard InChI is InChI=1S/C16H22/c1-14-7-5-11-16(13-14)12-6-10-15-8-3-2-4-9-15/h2-4,6,8-9,12,14,16H,5,7,10-11,13H2,1H3/b12-6-. The molecule has 0 N–H and O–H groups in total. The second-order valence-electron chi connectivity index (χ2n) is 5.15. The zero-order valence-corrected chi connectivity index (χ0v) is 10.2. The lowest BCUT2D eigenvalue weighted by Crippen LogP contribution is -2.10. The maximum Gasteiger partial charge on any atom is -0.00974 e. The van der Waals surface area contributed by atoms with E-state index in [1.807, 2.05) is 0 Å². The summed E-state index contributed by atoms with van der Waals surface area (Å²) >= 11 is 0. The number of benzene rings is 1. The normalized spacial score (nSPS) is 26.1. The Kier molecular flexibility index (Phi) is 4.21. The summed E-state index contributed by atoms with van der Waals surface area (Å²) in [5, 5.41) is 0. The van der Waals surface area contributed by atoms with Crippen LogP contribution in [0, 0.1) is 11.8 Å². The molecule has 0 amide bonds. The SMILES string of the molecule is CC1CCCC(/C=C\Cc2ccccc2)C1. The van der Waals surface area contributed by atoms with E-state index in [9.17, 15) is 0 Å². The summed E-state index contributed by atoms with van der Waals surface area (Å²) in [5.41, 5.74) is 1.42. The first-order chi connectivity index (χ1) is 7.84. The smallest absolute Gasteiger partial charge is 0.00974 e. The average molecular weight is 214 g/mol. The molecule has 0 saturated heterocycles. The Morgan fingerprint density at radius 1 is 1.19 bits per heavy atom. The Hall–Kier alpha value is -1.04. The minimum Gasteiger partial charge on any atom is -0.0851 e. The van der Waals surface area contributed by atoms with Crippen molar-refractivity contribution in [2.75, 3.05) is 0 Å². The minimum atomic E-state index is 0.840. The third-order valence-corrected chi connectivity index (χ3v) is 3.58. The van der Waals surface area contributed by atoms with Gasteiger partial charge in [0, 0.05) is 0 Å². The molecule has 0 aliphatic heterocycles. The van der Waals surface area contributed by atoms with Gasteiger partial charge in [-0.2, -0.15) is 0 Å². The van der Waals surface area contributed by atoms with Gasteiger partial charge in [0.15, 0.2) is 0 Å². The molecular formula is C16H22. The van der Waals surface area contributed by atoms with Crippen LogP contribution >= 0.6 is 0 Å². The van der Waals surface area contributed by atoms with E-state index in [1.54, 1.807) is 0 Å². The van der Waals surface area contributed by atoms with Gasteiger partial charge in [0.1, 0.15) is 0 Å². The Bertz CT molecular complexity index is 323. The van der Waals surface area contributed by atoms with Crippen molar-refractivity contribution < 1.29 is 0 Å². The highest BCUT2D eigenvalue weighted by atomic mass is 14.2. The molecule has 0 radical (unpaired) electrons. The summed E-state index contributed by atoms with van der Waals surface area (Å²) in [7, 11) is 0. The van der Waals surface area contributed by atoms with Gasteiger partial charge < -0.3 is 0 Å². The van der Waals surface area contributed by atoms with Crippen molar-refractivity contribution in [2.24, 2.45) is 11.8 Å². The average Bonchev–Trinajstić information content (AvgIpc) is 2.30. The van der Waals surface area contributed by atoms with Crippen molar-refractivity contribution in [1.29, 1.82) is 0 Å². The van der Waals surface area contributed by atoms with Crippen LogP contribution in [0.2, 0.25) is 0 Å². The zero-order chi connectivity index (χ0) is 11.2. The minimum absolute atomic E-state index is 0.840. The second-order valence-corrected chi connectivity index (χ2v) is 5.15. The molecule has 1 aromatic carbocycles. The van der Waals surface area contributed by atoms with E-state index in [0.29, 0.717) is 0 Å². The quantitative estimate of drug-likeness (QED) is 0.644. The first-order valence-electron chi connectivity index (χ1n) is 6.55. The van der Waals surface area contributed by atoms with E-state index in [0.717, 1.165) is 18.3 Å². The summed E-state index contributed by atoms with van der Waals surface area (Å²) in [6, 6.07) is 10.7. The maximum atomic E-state index is 2.45. The summed E-state index contributed by atoms with van der Waals surface area (Å²) in [5.74, 6) is 1.77. The van der Waals surface area contributed by atoms with Gasteiger partial charge in [-0.1, -0.05) is 62.2 Å². The molecule has 86 valence electrons. The fraction of sp³-hybridized carbons (Fsp3) is 0.500. The van der Waals surface area contributed by atoms with Gasteiger partial charge in [-0.05, 0) is 36.7 Å². The van der Waals surface area contributed by atoms with Gasteiger partial charge in [0.25, 0.3) is 0 Å². The fourth-order valence-corrected chi connectivity index (χ4v) is 2.67. The topological polar surface area (TPSA) is 0 Å². The van der Waals surface area contributed by atoms with Crippen molar-refractivity contribution in [3.63, 3.8) is 0 Å².